The third kappa shape index (κ3) is 4.93. The molecule has 0 bridgehead atoms. The van der Waals surface area contributed by atoms with Crippen molar-refractivity contribution in [2.24, 2.45) is 0 Å². The van der Waals surface area contributed by atoms with E-state index in [-0.39, 0.29) is 11.1 Å². The van der Waals surface area contributed by atoms with Gasteiger partial charge in [-0.3, -0.25) is 9.80 Å². The monoisotopic (exact) mass is 352 g/mol. The lowest BCUT2D eigenvalue weighted by Crippen LogP contribution is -2.55. The van der Waals surface area contributed by atoms with Crippen LogP contribution in [0.15, 0.2) is 0 Å². The summed E-state index contributed by atoms with van der Waals surface area (Å²) in [4.78, 5) is 3.94. The average molecular weight is 353 g/mol. The molecule has 0 radical (unpaired) electrons. The van der Waals surface area contributed by atoms with Crippen molar-refractivity contribution < 1.29 is 17.6 Å². The molecule has 136 valence electrons. The number of alkyl halides is 3. The van der Waals surface area contributed by atoms with Gasteiger partial charge in [0.25, 0.3) is 0 Å². The van der Waals surface area contributed by atoms with Crippen LogP contribution < -0.4 is 0 Å². The second-order valence-electron chi connectivity index (χ2n) is 8.54. The first kappa shape index (κ1) is 19.2. The lowest BCUT2D eigenvalue weighted by atomic mass is 10.1. The Morgan fingerprint density at radius 3 is 2.30 bits per heavy atom. The van der Waals surface area contributed by atoms with E-state index in [9.17, 15) is 13.2 Å². The van der Waals surface area contributed by atoms with Crippen molar-refractivity contribution in [2.45, 2.75) is 70.0 Å². The highest BCUT2D eigenvalue weighted by atomic mass is 28.4. The van der Waals surface area contributed by atoms with Gasteiger partial charge in [0.1, 0.15) is 0 Å². The minimum absolute atomic E-state index is 0.191. The predicted molar refractivity (Wildman–Crippen MR) is 89.2 cm³/mol. The van der Waals surface area contributed by atoms with E-state index in [0.717, 1.165) is 26.0 Å². The molecule has 0 N–H and O–H groups in total. The predicted octanol–water partition coefficient (Wildman–Crippen LogP) is 3.72. The van der Waals surface area contributed by atoms with Gasteiger partial charge in [0.05, 0.1) is 6.54 Å². The van der Waals surface area contributed by atoms with Crippen LogP contribution in [0.25, 0.3) is 0 Å². The third-order valence-electron chi connectivity index (χ3n) is 5.76. The maximum atomic E-state index is 12.6. The Hall–Kier alpha value is -0.113. The maximum Gasteiger partial charge on any atom is 0.401 e. The molecule has 3 nitrogen and oxygen atoms in total. The summed E-state index contributed by atoms with van der Waals surface area (Å²) in [7, 11) is -1.76. The van der Waals surface area contributed by atoms with Crippen LogP contribution in [-0.2, 0) is 4.43 Å². The van der Waals surface area contributed by atoms with Gasteiger partial charge < -0.3 is 4.43 Å². The smallest absolute Gasteiger partial charge is 0.401 e. The van der Waals surface area contributed by atoms with E-state index in [1.54, 1.807) is 4.90 Å². The topological polar surface area (TPSA) is 15.7 Å². The highest BCUT2D eigenvalue weighted by Crippen LogP contribution is 2.37. The first-order chi connectivity index (χ1) is 10.4. The van der Waals surface area contributed by atoms with Gasteiger partial charge in [-0.25, -0.2) is 0 Å². The van der Waals surface area contributed by atoms with Crippen molar-refractivity contribution in [3.8, 4) is 0 Å². The number of hydrogen-bond acceptors (Lipinski definition) is 3. The maximum absolute atomic E-state index is 12.6. The molecule has 0 aromatic rings. The van der Waals surface area contributed by atoms with Gasteiger partial charge in [0.2, 0.25) is 0 Å². The first-order valence-corrected chi connectivity index (χ1v) is 11.5. The summed E-state index contributed by atoms with van der Waals surface area (Å²) >= 11 is 0. The quantitative estimate of drug-likeness (QED) is 0.717. The molecule has 2 heterocycles. The Labute approximate surface area is 139 Å². The zero-order valence-corrected chi connectivity index (χ0v) is 16.0. The molecule has 0 spiro atoms. The molecule has 0 saturated carbocycles. The molecule has 0 aromatic heterocycles. The minimum atomic E-state index is -4.09. The molecule has 2 aliphatic rings. The van der Waals surface area contributed by atoms with E-state index in [1.807, 2.05) is 0 Å². The number of piperazine rings is 1. The molecule has 2 saturated heterocycles. The van der Waals surface area contributed by atoms with Crippen LogP contribution in [0.1, 0.15) is 33.6 Å². The van der Waals surface area contributed by atoms with Gasteiger partial charge in [-0.2, -0.15) is 13.2 Å². The summed E-state index contributed by atoms with van der Waals surface area (Å²) < 4.78 is 44.0. The van der Waals surface area contributed by atoms with Crippen LogP contribution in [0, 0.1) is 0 Å². The SMILES string of the molecule is CC(C)(C)[Si](C)(C)OC[C@H]1CC[C@@H]2CN(CC(F)(F)F)CCN12. The zero-order chi connectivity index (χ0) is 17.5. The Balaban J connectivity index is 1.86. The Morgan fingerprint density at radius 2 is 1.74 bits per heavy atom. The molecular weight excluding hydrogens is 321 g/mol. The van der Waals surface area contributed by atoms with Crippen molar-refractivity contribution in [1.82, 2.24) is 9.80 Å². The van der Waals surface area contributed by atoms with Crippen molar-refractivity contribution in [3.05, 3.63) is 0 Å². The van der Waals surface area contributed by atoms with Crippen LogP contribution in [0.4, 0.5) is 13.2 Å². The Morgan fingerprint density at radius 1 is 1.09 bits per heavy atom. The molecular formula is C16H31F3N2OSi. The van der Waals surface area contributed by atoms with E-state index >= 15 is 0 Å². The number of halogens is 3. The Kier molecular flexibility index (Phi) is 5.56. The van der Waals surface area contributed by atoms with Crippen LogP contribution in [0.5, 0.6) is 0 Å². The molecule has 2 fully saturated rings. The van der Waals surface area contributed by atoms with Gasteiger partial charge in [0, 0.05) is 38.3 Å². The number of fused-ring (bicyclic) bond motifs is 1. The summed E-state index contributed by atoms with van der Waals surface area (Å²) in [5.74, 6) is 0. The largest absolute Gasteiger partial charge is 0.415 e. The summed E-state index contributed by atoms with van der Waals surface area (Å²) in [6.07, 6.45) is -2.06. The standard InChI is InChI=1S/C16H31F3N2OSi/c1-15(2,3)23(4,5)22-11-14-7-6-13-10-20(8-9-21(13)14)12-16(17,18)19/h13-14H,6-12H2,1-5H3/t13-,14-/m1/s1. The molecule has 0 aliphatic carbocycles. The lowest BCUT2D eigenvalue weighted by Gasteiger charge is -2.42. The second-order valence-corrected chi connectivity index (χ2v) is 13.4. The average Bonchev–Trinajstić information content (AvgIpc) is 2.75. The van der Waals surface area contributed by atoms with Crippen LogP contribution in [-0.4, -0.2) is 69.2 Å². The first-order valence-electron chi connectivity index (χ1n) is 8.58. The molecule has 2 aliphatic heterocycles. The number of hydrogen-bond donors (Lipinski definition) is 0. The van der Waals surface area contributed by atoms with Gasteiger partial charge >= 0.3 is 6.18 Å². The van der Waals surface area contributed by atoms with Crippen molar-refractivity contribution in [1.29, 1.82) is 0 Å². The Bertz CT molecular complexity index is 409. The number of rotatable bonds is 4. The summed E-state index contributed by atoms with van der Waals surface area (Å²) in [6.45, 7) is 12.9. The van der Waals surface area contributed by atoms with E-state index in [4.69, 9.17) is 4.43 Å². The minimum Gasteiger partial charge on any atom is -0.415 e. The fourth-order valence-electron chi connectivity index (χ4n) is 3.32. The van der Waals surface area contributed by atoms with Gasteiger partial charge in [-0.05, 0) is 31.0 Å². The van der Waals surface area contributed by atoms with E-state index in [1.165, 1.54) is 0 Å². The fourth-order valence-corrected chi connectivity index (χ4v) is 4.36. The van der Waals surface area contributed by atoms with Crippen LogP contribution in [0.3, 0.4) is 0 Å². The molecule has 0 unspecified atom stereocenters. The van der Waals surface area contributed by atoms with Crippen molar-refractivity contribution in [2.75, 3.05) is 32.8 Å². The van der Waals surface area contributed by atoms with E-state index < -0.39 is 21.0 Å². The van der Waals surface area contributed by atoms with Crippen LogP contribution >= 0.6 is 0 Å². The third-order valence-corrected chi connectivity index (χ3v) is 10.3. The van der Waals surface area contributed by atoms with Gasteiger partial charge in [-0.1, -0.05) is 20.8 Å². The van der Waals surface area contributed by atoms with Crippen molar-refractivity contribution >= 4 is 8.32 Å². The van der Waals surface area contributed by atoms with Gasteiger partial charge in [0.15, 0.2) is 8.32 Å². The normalized spacial score (nSPS) is 28.2. The van der Waals surface area contributed by atoms with E-state index in [2.05, 4.69) is 38.8 Å². The van der Waals surface area contributed by atoms with Crippen molar-refractivity contribution in [3.63, 3.8) is 0 Å². The van der Waals surface area contributed by atoms with E-state index in [0.29, 0.717) is 19.1 Å². The highest BCUT2D eigenvalue weighted by molar-refractivity contribution is 6.74. The van der Waals surface area contributed by atoms with Crippen LogP contribution in [0.2, 0.25) is 18.1 Å². The number of nitrogens with zero attached hydrogens (tertiary/aromatic N) is 2. The fraction of sp³-hybridized carbons (Fsp3) is 1.00. The lowest BCUT2D eigenvalue weighted by molar-refractivity contribution is -0.151. The molecule has 2 rings (SSSR count). The van der Waals surface area contributed by atoms with Gasteiger partial charge in [-0.15, -0.1) is 0 Å². The zero-order valence-electron chi connectivity index (χ0n) is 15.0. The summed E-state index contributed by atoms with van der Waals surface area (Å²) in [6, 6.07) is 0.640. The molecule has 2 atom stereocenters. The highest BCUT2D eigenvalue weighted by Gasteiger charge is 2.42. The molecule has 7 heteroatoms. The molecule has 23 heavy (non-hydrogen) atoms. The molecule has 0 amide bonds. The molecule has 0 aromatic carbocycles. The second kappa shape index (κ2) is 6.65. The summed E-state index contributed by atoms with van der Waals surface area (Å²) in [5.41, 5.74) is 0. The summed E-state index contributed by atoms with van der Waals surface area (Å²) in [5, 5.41) is 0.191.